The van der Waals surface area contributed by atoms with E-state index in [-0.39, 0.29) is 27.2 Å². The molecule has 3 aromatic rings. The number of carbonyl (C=O) groups is 2. The summed E-state index contributed by atoms with van der Waals surface area (Å²) in [7, 11) is 0. The minimum Gasteiger partial charge on any atom is -0.382 e. The lowest BCUT2D eigenvalue weighted by Gasteiger charge is -2.15. The van der Waals surface area contributed by atoms with Gasteiger partial charge in [-0.1, -0.05) is 23.2 Å². The van der Waals surface area contributed by atoms with E-state index in [9.17, 15) is 22.8 Å². The molecule has 15 heteroatoms. The summed E-state index contributed by atoms with van der Waals surface area (Å²) in [5.41, 5.74) is 3.56. The number of hydrogen-bond acceptors (Lipinski definition) is 8. The van der Waals surface area contributed by atoms with Gasteiger partial charge in [-0.25, -0.2) is 19.9 Å². The average Bonchev–Trinajstić information content (AvgIpc) is 3.33. The molecule has 0 aromatic carbocycles. The first kappa shape index (κ1) is 23.1. The molecule has 9 nitrogen and oxygen atoms in total. The molecule has 3 heterocycles. The maximum absolute atomic E-state index is 13.0. The Hall–Kier alpha value is -3.03. The van der Waals surface area contributed by atoms with Crippen LogP contribution in [0.2, 0.25) is 10.0 Å². The molecule has 4 N–H and O–H groups in total. The second-order valence-electron chi connectivity index (χ2n) is 6.99. The molecule has 1 aliphatic rings. The van der Waals surface area contributed by atoms with Gasteiger partial charge in [0.2, 0.25) is 0 Å². The maximum atomic E-state index is 13.0. The van der Waals surface area contributed by atoms with Crippen molar-refractivity contribution in [3.8, 4) is 0 Å². The van der Waals surface area contributed by atoms with Crippen molar-refractivity contribution in [2.75, 3.05) is 11.1 Å². The smallest absolute Gasteiger partial charge is 0.382 e. The molecule has 0 saturated heterocycles. The third kappa shape index (κ3) is 4.70. The highest BCUT2D eigenvalue weighted by Crippen LogP contribution is 2.47. The zero-order chi connectivity index (χ0) is 24.0. The number of thiazole rings is 1. The number of aromatic nitrogens is 4. The van der Waals surface area contributed by atoms with Gasteiger partial charge in [-0.15, -0.1) is 11.3 Å². The Kier molecular flexibility index (Phi) is 5.88. The second-order valence-corrected chi connectivity index (χ2v) is 8.80. The van der Waals surface area contributed by atoms with Gasteiger partial charge in [-0.3, -0.25) is 9.59 Å². The van der Waals surface area contributed by atoms with Gasteiger partial charge in [-0.2, -0.15) is 13.2 Å². The summed E-state index contributed by atoms with van der Waals surface area (Å²) in [6.45, 7) is 0. The molecule has 0 aliphatic heterocycles. The summed E-state index contributed by atoms with van der Waals surface area (Å²) >= 11 is 12.5. The predicted molar refractivity (Wildman–Crippen MR) is 114 cm³/mol. The highest BCUT2D eigenvalue weighted by Gasteiger charge is 2.49. The molecule has 4 rings (SSSR count). The number of carbonyl (C=O) groups excluding carboxylic acids is 2. The summed E-state index contributed by atoms with van der Waals surface area (Å²) < 4.78 is 39.0. The zero-order valence-corrected chi connectivity index (χ0v) is 18.5. The number of anilines is 2. The standard InChI is InChI=1S/C18H12Cl2F3N7O2S/c19-8-4-25-10(3-7(8)18(21,22)23)29-14(31)9-5-26-16(33-9)17(1-2-17)30-15(32)12-11(20)13(24)28-6-27-12/h3-6H,1-2H2,(H,30,32)(H2,24,27,28)(H,25,29,31). The van der Waals surface area contributed by atoms with E-state index in [0.29, 0.717) is 23.9 Å². The van der Waals surface area contributed by atoms with E-state index >= 15 is 0 Å². The van der Waals surface area contributed by atoms with E-state index in [0.717, 1.165) is 23.9 Å². The number of hydrogen-bond donors (Lipinski definition) is 3. The number of nitrogen functional groups attached to an aromatic ring is 1. The first-order valence-corrected chi connectivity index (χ1v) is 10.7. The van der Waals surface area contributed by atoms with Crippen molar-refractivity contribution in [1.82, 2.24) is 25.3 Å². The number of amides is 2. The molecule has 3 aromatic heterocycles. The Labute approximate surface area is 197 Å². The Morgan fingerprint density at radius 3 is 2.48 bits per heavy atom. The van der Waals surface area contributed by atoms with Crippen LogP contribution in [-0.2, 0) is 11.7 Å². The molecule has 0 radical (unpaired) electrons. The highest BCUT2D eigenvalue weighted by atomic mass is 35.5. The van der Waals surface area contributed by atoms with Crippen molar-refractivity contribution >= 4 is 58.0 Å². The van der Waals surface area contributed by atoms with Crippen LogP contribution in [-0.4, -0.2) is 31.8 Å². The highest BCUT2D eigenvalue weighted by molar-refractivity contribution is 7.14. The van der Waals surface area contributed by atoms with Gasteiger partial charge >= 0.3 is 6.18 Å². The largest absolute Gasteiger partial charge is 0.418 e. The molecule has 0 atom stereocenters. The fourth-order valence-electron chi connectivity index (χ4n) is 2.84. The van der Waals surface area contributed by atoms with Crippen LogP contribution >= 0.6 is 34.5 Å². The van der Waals surface area contributed by atoms with Gasteiger partial charge < -0.3 is 16.4 Å². The first-order chi connectivity index (χ1) is 15.5. The van der Waals surface area contributed by atoms with E-state index < -0.39 is 34.1 Å². The van der Waals surface area contributed by atoms with Crippen LogP contribution in [0, 0.1) is 0 Å². The van der Waals surface area contributed by atoms with E-state index in [1.807, 2.05) is 0 Å². The van der Waals surface area contributed by atoms with Gasteiger partial charge in [0.15, 0.2) is 5.69 Å². The van der Waals surface area contributed by atoms with Gasteiger partial charge in [0.1, 0.15) is 32.9 Å². The van der Waals surface area contributed by atoms with Crippen LogP contribution in [0.4, 0.5) is 24.8 Å². The van der Waals surface area contributed by atoms with Crippen LogP contribution in [0.1, 0.15) is 43.6 Å². The Bertz CT molecular complexity index is 1260. The van der Waals surface area contributed by atoms with Crippen molar-refractivity contribution in [2.24, 2.45) is 0 Å². The lowest BCUT2D eigenvalue weighted by Crippen LogP contribution is -2.35. The zero-order valence-electron chi connectivity index (χ0n) is 16.2. The van der Waals surface area contributed by atoms with E-state index in [1.165, 1.54) is 6.20 Å². The summed E-state index contributed by atoms with van der Waals surface area (Å²) in [6, 6.07) is 0.641. The molecule has 33 heavy (non-hydrogen) atoms. The summed E-state index contributed by atoms with van der Waals surface area (Å²) in [5.74, 6) is -1.66. The van der Waals surface area contributed by atoms with E-state index in [2.05, 4.69) is 30.6 Å². The number of nitrogens with two attached hydrogens (primary N) is 1. The summed E-state index contributed by atoms with van der Waals surface area (Å²) in [6.07, 6.45) is -0.421. The molecular weight excluding hydrogens is 506 g/mol. The van der Waals surface area contributed by atoms with Crippen LogP contribution in [0.3, 0.4) is 0 Å². The Morgan fingerprint density at radius 1 is 1.09 bits per heavy atom. The fraction of sp³-hybridized carbons (Fsp3) is 0.222. The number of pyridine rings is 1. The normalized spacial score (nSPS) is 14.6. The lowest BCUT2D eigenvalue weighted by atomic mass is 10.2. The molecule has 1 saturated carbocycles. The van der Waals surface area contributed by atoms with Crippen molar-refractivity contribution < 1.29 is 22.8 Å². The molecule has 172 valence electrons. The van der Waals surface area contributed by atoms with Gasteiger partial charge in [-0.05, 0) is 18.9 Å². The van der Waals surface area contributed by atoms with Crippen LogP contribution in [0.5, 0.6) is 0 Å². The van der Waals surface area contributed by atoms with Gasteiger partial charge in [0.05, 0.1) is 22.3 Å². The monoisotopic (exact) mass is 517 g/mol. The summed E-state index contributed by atoms with van der Waals surface area (Å²) in [5, 5.41) is 4.86. The minimum absolute atomic E-state index is 0.0423. The molecule has 1 aliphatic carbocycles. The number of nitrogens with one attached hydrogen (secondary N) is 2. The maximum Gasteiger partial charge on any atom is 0.418 e. The third-order valence-corrected chi connectivity index (χ3v) is 6.55. The molecule has 1 fully saturated rings. The summed E-state index contributed by atoms with van der Waals surface area (Å²) in [4.78, 5) is 40.7. The minimum atomic E-state index is -4.70. The Balaban J connectivity index is 1.49. The molecule has 0 spiro atoms. The van der Waals surface area contributed by atoms with Gasteiger partial charge in [0.25, 0.3) is 11.8 Å². The van der Waals surface area contributed by atoms with Crippen molar-refractivity contribution in [3.63, 3.8) is 0 Å². The number of alkyl halides is 3. The number of rotatable bonds is 5. The quantitative estimate of drug-likeness (QED) is 0.466. The SMILES string of the molecule is Nc1ncnc(C(=O)NC2(c3ncc(C(=O)Nc4cc(C(F)(F)F)c(Cl)cn4)s3)CC2)c1Cl. The van der Waals surface area contributed by atoms with Gasteiger partial charge in [0, 0.05) is 6.20 Å². The van der Waals surface area contributed by atoms with Crippen LogP contribution in [0.15, 0.2) is 24.8 Å². The molecule has 0 unspecified atom stereocenters. The Morgan fingerprint density at radius 2 is 1.82 bits per heavy atom. The number of halogens is 5. The van der Waals surface area contributed by atoms with E-state index in [1.54, 1.807) is 0 Å². The molecule has 0 bridgehead atoms. The topological polar surface area (TPSA) is 136 Å². The molecule has 2 amide bonds. The van der Waals surface area contributed by atoms with Crippen molar-refractivity contribution in [2.45, 2.75) is 24.6 Å². The first-order valence-electron chi connectivity index (χ1n) is 9.09. The van der Waals surface area contributed by atoms with Crippen LogP contribution in [0.25, 0.3) is 0 Å². The van der Waals surface area contributed by atoms with Crippen LogP contribution < -0.4 is 16.4 Å². The lowest BCUT2D eigenvalue weighted by molar-refractivity contribution is -0.137. The third-order valence-electron chi connectivity index (χ3n) is 4.68. The molecular formula is C18H12Cl2F3N7O2S. The number of nitrogens with zero attached hydrogens (tertiary/aromatic N) is 4. The predicted octanol–water partition coefficient (Wildman–Crippen LogP) is 3.91. The van der Waals surface area contributed by atoms with Crippen molar-refractivity contribution in [3.05, 3.63) is 56.0 Å². The van der Waals surface area contributed by atoms with E-state index in [4.69, 9.17) is 28.9 Å². The second kappa shape index (κ2) is 8.39. The average molecular weight is 518 g/mol. The van der Waals surface area contributed by atoms with Crippen molar-refractivity contribution in [1.29, 1.82) is 0 Å². The fourth-order valence-corrected chi connectivity index (χ4v) is 4.25.